The van der Waals surface area contributed by atoms with Crippen LogP contribution in [0, 0.1) is 6.92 Å². The number of benzene rings is 1. The van der Waals surface area contributed by atoms with Crippen molar-refractivity contribution in [3.8, 4) is 0 Å². The zero-order valence-electron chi connectivity index (χ0n) is 10.9. The first kappa shape index (κ1) is 13.7. The largest absolute Gasteiger partial charge is 0.392 e. The van der Waals surface area contributed by atoms with Crippen LogP contribution in [0.3, 0.4) is 0 Å². The van der Waals surface area contributed by atoms with Crippen LogP contribution >= 0.6 is 0 Å². The van der Waals surface area contributed by atoms with E-state index in [9.17, 15) is 9.32 Å². The van der Waals surface area contributed by atoms with E-state index < -0.39 is 16.9 Å². The van der Waals surface area contributed by atoms with Crippen LogP contribution in [0.25, 0.3) is 0 Å². The number of aliphatic hydroxyl groups is 1. The minimum atomic E-state index is -1.16. The Hall–Kier alpha value is -0.710. The van der Waals surface area contributed by atoms with Gasteiger partial charge in [-0.3, -0.25) is 4.21 Å². The van der Waals surface area contributed by atoms with Gasteiger partial charge in [-0.25, -0.2) is 0 Å². The lowest BCUT2D eigenvalue weighted by Crippen LogP contribution is -2.44. The van der Waals surface area contributed by atoms with Crippen molar-refractivity contribution in [2.24, 2.45) is 0 Å². The zero-order chi connectivity index (χ0) is 13.1. The van der Waals surface area contributed by atoms with Gasteiger partial charge in [0.05, 0.1) is 22.2 Å². The fourth-order valence-corrected chi connectivity index (χ4v) is 4.09. The van der Waals surface area contributed by atoms with E-state index in [1.54, 1.807) is 6.92 Å². The maximum Gasteiger partial charge on any atom is 0.0803 e. The molecule has 18 heavy (non-hydrogen) atoms. The molecule has 2 N–H and O–H groups in total. The monoisotopic (exact) mass is 267 g/mol. The molecule has 0 unspecified atom stereocenters. The second-order valence-electron chi connectivity index (χ2n) is 5.02. The molecule has 0 bridgehead atoms. The van der Waals surface area contributed by atoms with Crippen molar-refractivity contribution >= 4 is 10.8 Å². The maximum atomic E-state index is 12.6. The van der Waals surface area contributed by atoms with Gasteiger partial charge in [-0.05, 0) is 45.4 Å². The molecule has 0 radical (unpaired) electrons. The highest BCUT2D eigenvalue weighted by molar-refractivity contribution is 7.85. The first-order valence-electron chi connectivity index (χ1n) is 6.48. The molecule has 2 rings (SSSR count). The molecule has 4 heteroatoms. The van der Waals surface area contributed by atoms with Crippen molar-refractivity contribution in [3.63, 3.8) is 0 Å². The molecule has 0 saturated carbocycles. The first-order chi connectivity index (χ1) is 8.59. The second kappa shape index (κ2) is 5.95. The molecular weight excluding hydrogens is 246 g/mol. The van der Waals surface area contributed by atoms with E-state index in [2.05, 4.69) is 5.32 Å². The van der Waals surface area contributed by atoms with Crippen LogP contribution in [0.4, 0.5) is 0 Å². The summed E-state index contributed by atoms with van der Waals surface area (Å²) in [5.74, 6) is 0. The number of aryl methyl sites for hydroxylation is 1. The van der Waals surface area contributed by atoms with Gasteiger partial charge in [-0.15, -0.1) is 0 Å². The fraction of sp³-hybridized carbons (Fsp3) is 0.571. The average Bonchev–Trinajstić information content (AvgIpc) is 2.83. The quantitative estimate of drug-likeness (QED) is 0.871. The van der Waals surface area contributed by atoms with Gasteiger partial charge in [0, 0.05) is 10.9 Å². The topological polar surface area (TPSA) is 49.3 Å². The number of hydrogen-bond donors (Lipinski definition) is 2. The molecule has 1 aromatic carbocycles. The van der Waals surface area contributed by atoms with Gasteiger partial charge in [0.25, 0.3) is 0 Å². The summed E-state index contributed by atoms with van der Waals surface area (Å²) in [6, 6.07) is 7.89. The first-order valence-corrected chi connectivity index (χ1v) is 7.69. The predicted octanol–water partition coefficient (Wildman–Crippen LogP) is 1.60. The van der Waals surface area contributed by atoms with E-state index in [1.165, 1.54) is 0 Å². The Bertz CT molecular complexity index is 410. The highest BCUT2D eigenvalue weighted by Gasteiger charge is 2.33. The molecule has 3 nitrogen and oxygen atoms in total. The van der Waals surface area contributed by atoms with E-state index in [4.69, 9.17) is 0 Å². The normalized spacial score (nSPS) is 24.7. The van der Waals surface area contributed by atoms with Crippen LogP contribution in [-0.4, -0.2) is 33.3 Å². The van der Waals surface area contributed by atoms with Crippen LogP contribution in [0.2, 0.25) is 0 Å². The summed E-state index contributed by atoms with van der Waals surface area (Å²) in [6.45, 7) is 4.70. The third-order valence-corrected chi connectivity index (χ3v) is 5.42. The summed E-state index contributed by atoms with van der Waals surface area (Å²) in [5, 5.41) is 13.0. The molecule has 1 aromatic rings. The van der Waals surface area contributed by atoms with E-state index in [1.807, 2.05) is 31.2 Å². The Morgan fingerprint density at radius 1 is 1.39 bits per heavy atom. The van der Waals surface area contributed by atoms with Crippen molar-refractivity contribution < 1.29 is 9.32 Å². The van der Waals surface area contributed by atoms with E-state index in [-0.39, 0.29) is 11.3 Å². The third kappa shape index (κ3) is 2.99. The summed E-state index contributed by atoms with van der Waals surface area (Å²) < 4.78 is 12.6. The second-order valence-corrected chi connectivity index (χ2v) is 6.63. The van der Waals surface area contributed by atoms with Crippen LogP contribution in [0.1, 0.15) is 25.3 Å². The van der Waals surface area contributed by atoms with Gasteiger partial charge in [0.2, 0.25) is 0 Å². The molecule has 0 spiro atoms. The highest BCUT2D eigenvalue weighted by Crippen LogP contribution is 2.22. The van der Waals surface area contributed by atoms with Crippen LogP contribution in [-0.2, 0) is 10.8 Å². The minimum Gasteiger partial charge on any atom is -0.392 e. The lowest BCUT2D eigenvalue weighted by Gasteiger charge is -2.25. The molecule has 0 amide bonds. The molecule has 1 saturated heterocycles. The molecule has 0 aliphatic carbocycles. The summed E-state index contributed by atoms with van der Waals surface area (Å²) in [6.07, 6.45) is 1.52. The lowest BCUT2D eigenvalue weighted by atomic mass is 10.1. The smallest absolute Gasteiger partial charge is 0.0803 e. The third-order valence-electron chi connectivity index (χ3n) is 3.47. The Labute approximate surface area is 111 Å². The SMILES string of the molecule is Cc1ccc([S@](=O)[C@H]([C@H](C)O)[C@@H]2CCCN2)cc1. The molecular formula is C14H21NO2S. The highest BCUT2D eigenvalue weighted by atomic mass is 32.2. The van der Waals surface area contributed by atoms with Gasteiger partial charge in [-0.1, -0.05) is 17.7 Å². The molecule has 1 aliphatic heterocycles. The van der Waals surface area contributed by atoms with E-state index >= 15 is 0 Å². The zero-order valence-corrected chi connectivity index (χ0v) is 11.7. The summed E-state index contributed by atoms with van der Waals surface area (Å²) >= 11 is 0. The maximum absolute atomic E-state index is 12.6. The van der Waals surface area contributed by atoms with Crippen molar-refractivity contribution in [2.75, 3.05) is 6.54 Å². The summed E-state index contributed by atoms with van der Waals surface area (Å²) in [4.78, 5) is 0.806. The lowest BCUT2D eigenvalue weighted by molar-refractivity contribution is 0.176. The van der Waals surface area contributed by atoms with Crippen molar-refractivity contribution in [3.05, 3.63) is 29.8 Å². The Balaban J connectivity index is 2.20. The summed E-state index contributed by atoms with van der Waals surface area (Å²) in [7, 11) is -1.16. The number of rotatable bonds is 4. The number of aliphatic hydroxyl groups excluding tert-OH is 1. The van der Waals surface area contributed by atoms with Gasteiger partial charge in [-0.2, -0.15) is 0 Å². The van der Waals surface area contributed by atoms with Gasteiger partial charge < -0.3 is 10.4 Å². The fourth-order valence-electron chi connectivity index (χ4n) is 2.49. The Morgan fingerprint density at radius 3 is 2.56 bits per heavy atom. The van der Waals surface area contributed by atoms with Crippen molar-refractivity contribution in [1.82, 2.24) is 5.32 Å². The minimum absolute atomic E-state index is 0.159. The average molecular weight is 267 g/mol. The van der Waals surface area contributed by atoms with E-state index in [0.717, 1.165) is 29.8 Å². The van der Waals surface area contributed by atoms with E-state index in [0.29, 0.717) is 0 Å². The molecule has 4 atom stereocenters. The molecule has 1 heterocycles. The molecule has 1 fully saturated rings. The molecule has 0 aromatic heterocycles. The van der Waals surface area contributed by atoms with Crippen LogP contribution in [0.5, 0.6) is 0 Å². The molecule has 100 valence electrons. The summed E-state index contributed by atoms with van der Waals surface area (Å²) in [5.41, 5.74) is 1.16. The predicted molar refractivity (Wildman–Crippen MR) is 74.1 cm³/mol. The van der Waals surface area contributed by atoms with Crippen molar-refractivity contribution in [1.29, 1.82) is 0 Å². The Morgan fingerprint density at radius 2 is 2.06 bits per heavy atom. The van der Waals surface area contributed by atoms with Crippen molar-refractivity contribution in [2.45, 2.75) is 49.0 Å². The van der Waals surface area contributed by atoms with Crippen LogP contribution in [0.15, 0.2) is 29.2 Å². The van der Waals surface area contributed by atoms with Crippen LogP contribution < -0.4 is 5.32 Å². The number of hydrogen-bond acceptors (Lipinski definition) is 3. The standard InChI is InChI=1S/C14H21NO2S/c1-10-5-7-12(8-6-10)18(17)14(11(2)16)13-4-3-9-15-13/h5-8,11,13-16H,3-4,9H2,1-2H3/t11-,13-,14+,18-/m0/s1. The number of nitrogens with one attached hydrogen (secondary N) is 1. The Kier molecular flexibility index (Phi) is 4.54. The van der Waals surface area contributed by atoms with Gasteiger partial charge in [0.15, 0.2) is 0 Å². The van der Waals surface area contributed by atoms with Gasteiger partial charge in [0.1, 0.15) is 0 Å². The van der Waals surface area contributed by atoms with Gasteiger partial charge >= 0.3 is 0 Å². The molecule has 1 aliphatic rings.